The second-order valence-corrected chi connectivity index (χ2v) is 10.6. The molecular formula is C29H28N2O6S. The maximum Gasteiger partial charge on any atom is 0.238 e. The Balaban J connectivity index is 1.34. The maximum absolute atomic E-state index is 11.6. The van der Waals surface area contributed by atoms with Crippen molar-refractivity contribution < 1.29 is 27.4 Å². The van der Waals surface area contributed by atoms with Gasteiger partial charge in [0, 0.05) is 43.3 Å². The third-order valence-corrected chi connectivity index (χ3v) is 7.36. The topological polar surface area (TPSA) is 125 Å². The largest absolute Gasteiger partial charge is 0.490 e. The first-order valence-electron chi connectivity index (χ1n) is 12.2. The van der Waals surface area contributed by atoms with Crippen LogP contribution < -0.4 is 9.88 Å². The minimum atomic E-state index is -3.80. The molecule has 0 radical (unpaired) electrons. The average Bonchev–Trinajstić information content (AvgIpc) is 3.36. The lowest BCUT2D eigenvalue weighted by Gasteiger charge is -2.32. The summed E-state index contributed by atoms with van der Waals surface area (Å²) in [5.74, 6) is 1.54. The van der Waals surface area contributed by atoms with E-state index in [1.54, 1.807) is 24.3 Å². The highest BCUT2D eigenvalue weighted by molar-refractivity contribution is 7.89. The second-order valence-electron chi connectivity index (χ2n) is 9.05. The Morgan fingerprint density at radius 2 is 1.71 bits per heavy atom. The molecule has 0 spiro atoms. The molecular weight excluding hydrogens is 504 g/mol. The summed E-state index contributed by atoms with van der Waals surface area (Å²) in [7, 11) is -3.80. The SMILES string of the molecule is NS(=O)(=O)c1ccc(-c2oc(/C=C/COc3cccc(C4(O)CCOCC4)c3)nc2-c2ccccc2)cc1. The molecule has 1 saturated heterocycles. The van der Waals surface area contributed by atoms with Crippen molar-refractivity contribution in [1.82, 2.24) is 4.98 Å². The second kappa shape index (κ2) is 10.9. The smallest absolute Gasteiger partial charge is 0.238 e. The fourth-order valence-electron chi connectivity index (χ4n) is 4.36. The summed E-state index contributed by atoms with van der Waals surface area (Å²) in [6.45, 7) is 1.33. The minimum absolute atomic E-state index is 0.0207. The number of aromatic nitrogens is 1. The summed E-state index contributed by atoms with van der Waals surface area (Å²) < 4.78 is 40.6. The summed E-state index contributed by atoms with van der Waals surface area (Å²) in [6, 6.07) is 23.2. The number of hydrogen-bond donors (Lipinski definition) is 2. The molecule has 38 heavy (non-hydrogen) atoms. The van der Waals surface area contributed by atoms with Crippen molar-refractivity contribution >= 4 is 16.1 Å². The third-order valence-electron chi connectivity index (χ3n) is 6.43. The Hall–Kier alpha value is -3.76. The molecule has 0 bridgehead atoms. The van der Waals surface area contributed by atoms with Crippen LogP contribution in [-0.4, -0.2) is 38.3 Å². The number of rotatable bonds is 8. The van der Waals surface area contributed by atoms with E-state index in [2.05, 4.69) is 4.98 Å². The molecule has 3 N–H and O–H groups in total. The Bertz CT molecular complexity index is 1520. The molecule has 1 fully saturated rings. The number of oxazole rings is 1. The van der Waals surface area contributed by atoms with E-state index in [1.165, 1.54) is 12.1 Å². The van der Waals surface area contributed by atoms with E-state index in [9.17, 15) is 13.5 Å². The van der Waals surface area contributed by atoms with Crippen LogP contribution in [0.5, 0.6) is 5.75 Å². The van der Waals surface area contributed by atoms with Gasteiger partial charge in [-0.1, -0.05) is 42.5 Å². The van der Waals surface area contributed by atoms with Gasteiger partial charge in [-0.3, -0.25) is 0 Å². The standard InChI is InChI=1S/C29H28N2O6S/c30-38(33,34)25-13-11-22(12-14-25)28-27(21-6-2-1-3-7-21)31-26(37-28)10-5-17-36-24-9-4-8-23(20-24)29(32)15-18-35-19-16-29/h1-14,20,32H,15-19H2,(H2,30,33,34)/b10-5+. The van der Waals surface area contributed by atoms with Crippen molar-refractivity contribution in [2.75, 3.05) is 19.8 Å². The number of nitrogens with two attached hydrogens (primary N) is 1. The van der Waals surface area contributed by atoms with Gasteiger partial charge in [-0.25, -0.2) is 18.5 Å². The highest BCUT2D eigenvalue weighted by Crippen LogP contribution is 2.35. The average molecular weight is 533 g/mol. The zero-order valence-corrected chi connectivity index (χ0v) is 21.4. The number of primary sulfonamides is 1. The van der Waals surface area contributed by atoms with E-state index in [0.717, 1.165) is 11.1 Å². The van der Waals surface area contributed by atoms with Crippen LogP contribution in [0.3, 0.4) is 0 Å². The fourth-order valence-corrected chi connectivity index (χ4v) is 4.87. The molecule has 2 heterocycles. The van der Waals surface area contributed by atoms with Gasteiger partial charge in [0.15, 0.2) is 5.76 Å². The number of benzene rings is 3. The number of aliphatic hydroxyl groups is 1. The predicted octanol–water partition coefficient (Wildman–Crippen LogP) is 4.75. The van der Waals surface area contributed by atoms with Crippen LogP contribution in [0.15, 0.2) is 94.3 Å². The van der Waals surface area contributed by atoms with Crippen LogP contribution in [0.1, 0.15) is 24.3 Å². The van der Waals surface area contributed by atoms with Gasteiger partial charge >= 0.3 is 0 Å². The van der Waals surface area contributed by atoms with Crippen molar-refractivity contribution in [1.29, 1.82) is 0 Å². The molecule has 5 rings (SSSR count). The zero-order valence-electron chi connectivity index (χ0n) is 20.6. The lowest BCUT2D eigenvalue weighted by molar-refractivity contribution is -0.0680. The van der Waals surface area contributed by atoms with Crippen LogP contribution in [0.2, 0.25) is 0 Å². The van der Waals surface area contributed by atoms with Crippen molar-refractivity contribution in [2.45, 2.75) is 23.3 Å². The summed E-state index contributed by atoms with van der Waals surface area (Å²) in [6.07, 6.45) is 4.63. The molecule has 0 amide bonds. The molecule has 1 aliphatic heterocycles. The van der Waals surface area contributed by atoms with E-state index >= 15 is 0 Å². The quantitative estimate of drug-likeness (QED) is 0.336. The van der Waals surface area contributed by atoms with Crippen molar-refractivity contribution in [3.05, 3.63) is 96.4 Å². The molecule has 8 nitrogen and oxygen atoms in total. The number of ether oxygens (including phenoxy) is 2. The lowest BCUT2D eigenvalue weighted by Crippen LogP contribution is -2.33. The minimum Gasteiger partial charge on any atom is -0.490 e. The van der Waals surface area contributed by atoms with Gasteiger partial charge in [-0.05, 0) is 48.0 Å². The zero-order chi connectivity index (χ0) is 26.6. The molecule has 0 aliphatic carbocycles. The highest BCUT2D eigenvalue weighted by Gasteiger charge is 2.31. The number of nitrogens with zero attached hydrogens (tertiary/aromatic N) is 1. The molecule has 9 heteroatoms. The fraction of sp³-hybridized carbons (Fsp3) is 0.207. The summed E-state index contributed by atoms with van der Waals surface area (Å²) in [5.41, 5.74) is 2.08. The van der Waals surface area contributed by atoms with Gasteiger partial charge in [-0.15, -0.1) is 0 Å². The monoisotopic (exact) mass is 532 g/mol. The van der Waals surface area contributed by atoms with Gasteiger partial charge in [0.25, 0.3) is 0 Å². The first-order chi connectivity index (χ1) is 18.3. The predicted molar refractivity (Wildman–Crippen MR) is 144 cm³/mol. The van der Waals surface area contributed by atoms with Gasteiger partial charge in [0.2, 0.25) is 15.9 Å². The number of hydrogen-bond acceptors (Lipinski definition) is 7. The Morgan fingerprint density at radius 3 is 2.42 bits per heavy atom. The van der Waals surface area contributed by atoms with Crippen molar-refractivity contribution in [2.24, 2.45) is 5.14 Å². The van der Waals surface area contributed by atoms with Gasteiger partial charge < -0.3 is 19.0 Å². The van der Waals surface area contributed by atoms with Gasteiger partial charge in [0.1, 0.15) is 18.1 Å². The first kappa shape index (κ1) is 25.9. The van der Waals surface area contributed by atoms with E-state index < -0.39 is 15.6 Å². The third kappa shape index (κ3) is 5.87. The van der Waals surface area contributed by atoms with Crippen molar-refractivity contribution in [3.8, 4) is 28.3 Å². The Kier molecular flexibility index (Phi) is 7.44. The first-order valence-corrected chi connectivity index (χ1v) is 13.8. The molecule has 3 aromatic carbocycles. The van der Waals surface area contributed by atoms with Crippen LogP contribution >= 0.6 is 0 Å². The summed E-state index contributed by atoms with van der Waals surface area (Å²) >= 11 is 0. The highest BCUT2D eigenvalue weighted by atomic mass is 32.2. The molecule has 4 aromatic rings. The maximum atomic E-state index is 11.6. The molecule has 0 atom stereocenters. The van der Waals surface area contributed by atoms with Crippen LogP contribution in [0, 0.1) is 0 Å². The van der Waals surface area contributed by atoms with E-state index in [4.69, 9.17) is 19.0 Å². The molecule has 0 unspecified atom stereocenters. The van der Waals surface area contributed by atoms with Gasteiger partial charge in [0.05, 0.1) is 10.5 Å². The van der Waals surface area contributed by atoms with E-state index in [1.807, 2.05) is 54.6 Å². The van der Waals surface area contributed by atoms with Crippen LogP contribution in [0.4, 0.5) is 0 Å². The lowest BCUT2D eigenvalue weighted by atomic mass is 9.86. The molecule has 0 saturated carbocycles. The van der Waals surface area contributed by atoms with E-state index in [-0.39, 0.29) is 11.5 Å². The van der Waals surface area contributed by atoms with Gasteiger partial charge in [-0.2, -0.15) is 0 Å². The molecule has 196 valence electrons. The Morgan fingerprint density at radius 1 is 0.974 bits per heavy atom. The molecule has 1 aromatic heterocycles. The summed E-state index contributed by atoms with van der Waals surface area (Å²) in [4.78, 5) is 4.68. The number of sulfonamides is 1. The van der Waals surface area contributed by atoms with Crippen LogP contribution in [-0.2, 0) is 20.4 Å². The normalized spacial score (nSPS) is 15.5. The Labute approximate surface area is 221 Å². The molecule has 1 aliphatic rings. The van der Waals surface area contributed by atoms with Crippen molar-refractivity contribution in [3.63, 3.8) is 0 Å². The van der Waals surface area contributed by atoms with Crippen LogP contribution in [0.25, 0.3) is 28.7 Å². The summed E-state index contributed by atoms with van der Waals surface area (Å²) in [5, 5.41) is 16.2. The van der Waals surface area contributed by atoms with E-state index in [0.29, 0.717) is 54.7 Å².